The summed E-state index contributed by atoms with van der Waals surface area (Å²) in [6.07, 6.45) is 0.785. The van der Waals surface area contributed by atoms with Gasteiger partial charge in [0.05, 0.1) is 12.2 Å². The number of hydrogen-bond donors (Lipinski definition) is 1. The van der Waals surface area contributed by atoms with Gasteiger partial charge < -0.3 is 10.1 Å². The van der Waals surface area contributed by atoms with Crippen LogP contribution in [0, 0.1) is 6.92 Å². The summed E-state index contributed by atoms with van der Waals surface area (Å²) in [6, 6.07) is 1.76. The van der Waals surface area contributed by atoms with Crippen LogP contribution in [0.3, 0.4) is 0 Å². The Balaban J connectivity index is 0.00000280. The number of aryl methyl sites for hydroxylation is 2. The number of anilines is 1. The Kier molecular flexibility index (Phi) is 7.63. The number of nitrogens with one attached hydrogen (secondary N) is 1. The predicted octanol–water partition coefficient (Wildman–Crippen LogP) is 3.50. The van der Waals surface area contributed by atoms with E-state index in [1.165, 1.54) is 11.3 Å². The minimum atomic E-state index is -0.370. The summed E-state index contributed by atoms with van der Waals surface area (Å²) in [5.74, 6) is -0.674. The minimum Gasteiger partial charge on any atom is -0.462 e. The van der Waals surface area contributed by atoms with Crippen LogP contribution in [-0.2, 0) is 24.2 Å². The molecular formula is C19H27ClN4O3S. The maximum Gasteiger partial charge on any atom is 0.341 e. The molecule has 0 radical (unpaired) electrons. The Bertz CT molecular complexity index is 862. The second-order valence-corrected chi connectivity index (χ2v) is 7.59. The number of fused-ring (bicyclic) bond motifs is 1. The molecule has 0 spiro atoms. The van der Waals surface area contributed by atoms with Crippen LogP contribution < -0.4 is 5.32 Å². The van der Waals surface area contributed by atoms with Crippen molar-refractivity contribution in [2.24, 2.45) is 0 Å². The van der Waals surface area contributed by atoms with Crippen molar-refractivity contribution in [1.82, 2.24) is 14.7 Å². The predicted molar refractivity (Wildman–Crippen MR) is 113 cm³/mol. The highest BCUT2D eigenvalue weighted by Gasteiger charge is 2.29. The zero-order valence-electron chi connectivity index (χ0n) is 16.7. The van der Waals surface area contributed by atoms with E-state index in [4.69, 9.17) is 4.74 Å². The van der Waals surface area contributed by atoms with E-state index >= 15 is 0 Å². The molecule has 0 saturated carbocycles. The molecule has 2 aromatic rings. The van der Waals surface area contributed by atoms with E-state index in [9.17, 15) is 9.59 Å². The number of aromatic nitrogens is 2. The summed E-state index contributed by atoms with van der Waals surface area (Å²) < 4.78 is 7.03. The molecule has 9 heteroatoms. The number of nitrogens with zero attached hydrogens (tertiary/aromatic N) is 3. The van der Waals surface area contributed by atoms with Crippen molar-refractivity contribution >= 4 is 40.6 Å². The smallest absolute Gasteiger partial charge is 0.341 e. The van der Waals surface area contributed by atoms with Gasteiger partial charge in [0.1, 0.15) is 5.00 Å². The lowest BCUT2D eigenvalue weighted by atomic mass is 10.0. The van der Waals surface area contributed by atoms with Crippen LogP contribution in [0.25, 0.3) is 0 Å². The molecule has 0 unspecified atom stereocenters. The number of halogens is 1. The molecule has 2 aromatic heterocycles. The van der Waals surface area contributed by atoms with E-state index in [-0.39, 0.29) is 24.3 Å². The number of likely N-dealkylation sites (N-methyl/N-ethyl adjacent to an activating group) is 1. The van der Waals surface area contributed by atoms with Gasteiger partial charge in [0.2, 0.25) is 0 Å². The summed E-state index contributed by atoms with van der Waals surface area (Å²) in [6.45, 7) is 11.5. The third-order valence-corrected chi connectivity index (χ3v) is 5.94. The third-order valence-electron chi connectivity index (χ3n) is 4.80. The Morgan fingerprint density at radius 2 is 2.04 bits per heavy atom. The number of thiophene rings is 1. The van der Waals surface area contributed by atoms with Crippen molar-refractivity contribution in [1.29, 1.82) is 0 Å². The average molecular weight is 427 g/mol. The van der Waals surface area contributed by atoms with E-state index in [1.807, 2.05) is 13.8 Å². The van der Waals surface area contributed by atoms with E-state index in [0.717, 1.165) is 42.2 Å². The van der Waals surface area contributed by atoms with E-state index in [0.29, 0.717) is 29.4 Å². The molecule has 7 nitrogen and oxygen atoms in total. The quantitative estimate of drug-likeness (QED) is 0.715. The number of carbonyl (C=O) groups is 2. The van der Waals surface area contributed by atoms with E-state index < -0.39 is 0 Å². The number of esters is 1. The minimum absolute atomic E-state index is 0. The first-order valence-corrected chi connectivity index (χ1v) is 10.2. The van der Waals surface area contributed by atoms with Crippen LogP contribution in [0.4, 0.5) is 5.00 Å². The highest BCUT2D eigenvalue weighted by molar-refractivity contribution is 7.17. The van der Waals surface area contributed by atoms with Gasteiger partial charge in [-0.3, -0.25) is 14.4 Å². The van der Waals surface area contributed by atoms with Gasteiger partial charge in [0.25, 0.3) is 5.91 Å². The average Bonchev–Trinajstić information content (AvgIpc) is 3.20. The molecule has 0 bridgehead atoms. The zero-order chi connectivity index (χ0) is 19.6. The molecule has 1 aliphatic heterocycles. The second kappa shape index (κ2) is 9.54. The van der Waals surface area contributed by atoms with Gasteiger partial charge in [-0.2, -0.15) is 5.10 Å². The summed E-state index contributed by atoms with van der Waals surface area (Å²) >= 11 is 1.47. The summed E-state index contributed by atoms with van der Waals surface area (Å²) in [4.78, 5) is 28.7. The molecule has 0 fully saturated rings. The number of hydrogen-bond acceptors (Lipinski definition) is 6. The summed E-state index contributed by atoms with van der Waals surface area (Å²) in [5.41, 5.74) is 2.80. The first-order valence-electron chi connectivity index (χ1n) is 9.38. The van der Waals surface area contributed by atoms with E-state index in [2.05, 4.69) is 22.2 Å². The summed E-state index contributed by atoms with van der Waals surface area (Å²) in [7, 11) is 0. The van der Waals surface area contributed by atoms with E-state index in [1.54, 1.807) is 17.7 Å². The van der Waals surface area contributed by atoms with Gasteiger partial charge in [-0.05, 0) is 45.4 Å². The standard InChI is InChI=1S/C19H26N4O3S.ClH/c1-5-22-9-8-13-15(11-22)27-18(16(13)19(25)26-7-3)20-17(24)14-10-12(4)23(6-2)21-14;/h10H,5-9,11H2,1-4H3,(H,20,24);1H. The molecular weight excluding hydrogens is 400 g/mol. The fourth-order valence-corrected chi connectivity index (χ4v) is 4.62. The van der Waals surface area contributed by atoms with Gasteiger partial charge in [0, 0.05) is 30.2 Å². The normalized spacial score (nSPS) is 13.6. The van der Waals surface area contributed by atoms with Gasteiger partial charge in [0.15, 0.2) is 5.69 Å². The van der Waals surface area contributed by atoms with Crippen LogP contribution >= 0.6 is 23.7 Å². The third kappa shape index (κ3) is 4.39. The summed E-state index contributed by atoms with van der Waals surface area (Å²) in [5, 5.41) is 7.79. The van der Waals surface area contributed by atoms with Crippen LogP contribution in [0.1, 0.15) is 57.8 Å². The lowest BCUT2D eigenvalue weighted by Crippen LogP contribution is -2.30. The van der Waals surface area contributed by atoms with Crippen LogP contribution in [0.15, 0.2) is 6.07 Å². The maximum absolute atomic E-state index is 12.7. The Morgan fingerprint density at radius 1 is 1.29 bits per heavy atom. The highest BCUT2D eigenvalue weighted by Crippen LogP contribution is 2.37. The lowest BCUT2D eigenvalue weighted by Gasteiger charge is -2.25. The van der Waals surface area contributed by atoms with Crippen molar-refractivity contribution in [2.75, 3.05) is 25.0 Å². The molecule has 3 rings (SSSR count). The maximum atomic E-state index is 12.7. The fourth-order valence-electron chi connectivity index (χ4n) is 3.34. The van der Waals surface area contributed by atoms with Crippen molar-refractivity contribution in [3.8, 4) is 0 Å². The first kappa shape index (κ1) is 22.4. The fraction of sp³-hybridized carbons (Fsp3) is 0.526. The number of ether oxygens (including phenoxy) is 1. The topological polar surface area (TPSA) is 76.5 Å². The molecule has 28 heavy (non-hydrogen) atoms. The number of amides is 1. The van der Waals surface area contributed by atoms with Gasteiger partial charge in [-0.15, -0.1) is 23.7 Å². The van der Waals surface area contributed by atoms with Crippen LogP contribution in [-0.4, -0.2) is 46.3 Å². The van der Waals surface area contributed by atoms with Crippen molar-refractivity contribution in [2.45, 2.75) is 47.2 Å². The van der Waals surface area contributed by atoms with Crippen molar-refractivity contribution < 1.29 is 14.3 Å². The molecule has 1 aliphatic rings. The molecule has 0 atom stereocenters. The largest absolute Gasteiger partial charge is 0.462 e. The van der Waals surface area contributed by atoms with Gasteiger partial charge in [-0.1, -0.05) is 6.92 Å². The van der Waals surface area contributed by atoms with Crippen LogP contribution in [0.2, 0.25) is 0 Å². The molecule has 3 heterocycles. The molecule has 1 amide bonds. The highest BCUT2D eigenvalue weighted by atomic mass is 35.5. The second-order valence-electron chi connectivity index (χ2n) is 6.49. The Morgan fingerprint density at radius 3 is 2.64 bits per heavy atom. The Labute approximate surface area is 175 Å². The first-order chi connectivity index (χ1) is 13.0. The van der Waals surface area contributed by atoms with Gasteiger partial charge >= 0.3 is 5.97 Å². The van der Waals surface area contributed by atoms with Crippen LogP contribution in [0.5, 0.6) is 0 Å². The Hall–Kier alpha value is -1.90. The molecule has 0 aromatic carbocycles. The lowest BCUT2D eigenvalue weighted by molar-refractivity contribution is 0.0526. The molecule has 154 valence electrons. The van der Waals surface area contributed by atoms with Crippen molar-refractivity contribution in [3.63, 3.8) is 0 Å². The number of carbonyl (C=O) groups excluding carboxylic acids is 2. The SMILES string of the molecule is CCOC(=O)c1c(NC(=O)c2cc(C)n(CC)n2)sc2c1CCN(CC)C2.Cl. The monoisotopic (exact) mass is 426 g/mol. The van der Waals surface area contributed by atoms with Gasteiger partial charge in [-0.25, -0.2) is 4.79 Å². The molecule has 0 saturated heterocycles. The van der Waals surface area contributed by atoms with Crippen molar-refractivity contribution in [3.05, 3.63) is 33.5 Å². The molecule has 0 aliphatic carbocycles. The zero-order valence-corrected chi connectivity index (χ0v) is 18.3. The molecule has 1 N–H and O–H groups in total. The number of rotatable bonds is 6.